The zero-order valence-corrected chi connectivity index (χ0v) is 25.9. The van der Waals surface area contributed by atoms with Gasteiger partial charge in [0.1, 0.15) is 12.1 Å². The lowest BCUT2D eigenvalue weighted by molar-refractivity contribution is -0.144. The number of benzene rings is 2. The van der Waals surface area contributed by atoms with Crippen LogP contribution in [0.1, 0.15) is 57.1 Å². The first-order valence-corrected chi connectivity index (χ1v) is 15.2. The summed E-state index contributed by atoms with van der Waals surface area (Å²) in [5, 5.41) is 4.81. The molecule has 0 aromatic heterocycles. The number of hydrogen-bond acceptors (Lipinski definition) is 5. The molecular weight excluding hydrogens is 596 g/mol. The zero-order chi connectivity index (χ0) is 31.3. The predicted octanol–water partition coefficient (Wildman–Crippen LogP) is 4.29. The van der Waals surface area contributed by atoms with Gasteiger partial charge in [-0.15, -0.1) is 0 Å². The third-order valence-electron chi connectivity index (χ3n) is 8.28. The molecule has 0 bridgehead atoms. The summed E-state index contributed by atoms with van der Waals surface area (Å²) in [4.78, 5) is 56.4. The monoisotopic (exact) mass is 633 g/mol. The lowest BCUT2D eigenvalue weighted by Crippen LogP contribution is -2.56. The lowest BCUT2D eigenvalue weighted by atomic mass is 9.82. The number of anilines is 1. The van der Waals surface area contributed by atoms with E-state index in [1.165, 1.54) is 17.0 Å². The van der Waals surface area contributed by atoms with E-state index in [1.807, 2.05) is 24.3 Å². The van der Waals surface area contributed by atoms with Crippen LogP contribution in [0.4, 0.5) is 10.1 Å². The zero-order valence-electron chi connectivity index (χ0n) is 24.4. The van der Waals surface area contributed by atoms with Crippen molar-refractivity contribution < 1.29 is 23.6 Å². The van der Waals surface area contributed by atoms with Crippen LogP contribution in [0.2, 0.25) is 10.0 Å². The summed E-state index contributed by atoms with van der Waals surface area (Å²) in [5.74, 6) is -2.53. The number of carbonyl (C=O) groups excluding carboxylic acids is 4. The third-order valence-corrected chi connectivity index (χ3v) is 9.06. The summed E-state index contributed by atoms with van der Waals surface area (Å²) < 4.78 is 14.6. The molecule has 0 radical (unpaired) electrons. The van der Waals surface area contributed by atoms with E-state index in [1.54, 1.807) is 4.90 Å². The number of fused-ring (bicyclic) bond motifs is 1. The van der Waals surface area contributed by atoms with Crippen molar-refractivity contribution in [2.24, 2.45) is 11.1 Å². The van der Waals surface area contributed by atoms with Crippen LogP contribution in [-0.2, 0) is 32.1 Å². The number of nitrogens with two attached hydrogens (primary N) is 1. The molecule has 0 aliphatic carbocycles. The normalized spacial score (nSPS) is 18.4. The Morgan fingerprint density at radius 1 is 1.02 bits per heavy atom. The molecule has 2 heterocycles. The molecule has 1 saturated heterocycles. The SMILES string of the molecule is CC1(C)CCN(C(=O)CCC(=O)N2Cc3ccccc3CC2C(=O)NC(CCN)C(=O)Nc2ccc(Cl)c(Cl)c2F)CC1. The van der Waals surface area contributed by atoms with Crippen LogP contribution in [0.3, 0.4) is 0 Å². The van der Waals surface area contributed by atoms with Gasteiger partial charge >= 0.3 is 0 Å². The van der Waals surface area contributed by atoms with Crippen molar-refractivity contribution in [3.8, 4) is 0 Å². The van der Waals surface area contributed by atoms with Crippen LogP contribution in [0, 0.1) is 11.2 Å². The van der Waals surface area contributed by atoms with E-state index in [9.17, 15) is 23.6 Å². The van der Waals surface area contributed by atoms with Crippen molar-refractivity contribution in [3.63, 3.8) is 0 Å². The molecule has 2 atom stereocenters. The van der Waals surface area contributed by atoms with Gasteiger partial charge in [0.25, 0.3) is 0 Å². The first-order chi connectivity index (χ1) is 20.4. The van der Waals surface area contributed by atoms with E-state index in [2.05, 4.69) is 24.5 Å². The Hall–Kier alpha value is -3.21. The molecule has 0 spiro atoms. The maximum Gasteiger partial charge on any atom is 0.247 e. The molecule has 4 rings (SSSR count). The van der Waals surface area contributed by atoms with Crippen molar-refractivity contribution in [2.75, 3.05) is 25.0 Å². The largest absolute Gasteiger partial charge is 0.343 e. The molecule has 2 aliphatic rings. The second-order valence-corrected chi connectivity index (χ2v) is 12.7. The number of rotatable bonds is 9. The first-order valence-electron chi connectivity index (χ1n) is 14.5. The summed E-state index contributed by atoms with van der Waals surface area (Å²) in [6.45, 7) is 5.96. The minimum absolute atomic E-state index is 0.00658. The van der Waals surface area contributed by atoms with Crippen molar-refractivity contribution in [1.29, 1.82) is 0 Å². The first kappa shape index (κ1) is 32.7. The van der Waals surface area contributed by atoms with E-state index in [4.69, 9.17) is 28.9 Å². The van der Waals surface area contributed by atoms with E-state index < -0.39 is 29.7 Å². The molecule has 1 fully saturated rings. The number of nitrogens with one attached hydrogen (secondary N) is 2. The highest BCUT2D eigenvalue weighted by atomic mass is 35.5. The lowest BCUT2D eigenvalue weighted by Gasteiger charge is -2.38. The number of hydrogen-bond donors (Lipinski definition) is 3. The number of carbonyl (C=O) groups is 4. The van der Waals surface area contributed by atoms with Crippen LogP contribution in [0.5, 0.6) is 0 Å². The van der Waals surface area contributed by atoms with Crippen LogP contribution in [0.15, 0.2) is 36.4 Å². The van der Waals surface area contributed by atoms with Gasteiger partial charge < -0.3 is 26.2 Å². The van der Waals surface area contributed by atoms with Gasteiger partial charge in [0.15, 0.2) is 5.82 Å². The van der Waals surface area contributed by atoms with Gasteiger partial charge in [-0.25, -0.2) is 4.39 Å². The number of piperidine rings is 1. The Kier molecular flexibility index (Phi) is 10.7. The fraction of sp³-hybridized carbons (Fsp3) is 0.484. The molecule has 12 heteroatoms. The average molecular weight is 635 g/mol. The van der Waals surface area contributed by atoms with Crippen molar-refractivity contribution in [1.82, 2.24) is 15.1 Å². The molecule has 232 valence electrons. The third kappa shape index (κ3) is 8.04. The molecule has 4 N–H and O–H groups in total. The predicted molar refractivity (Wildman–Crippen MR) is 164 cm³/mol. The van der Waals surface area contributed by atoms with Gasteiger partial charge in [-0.3, -0.25) is 19.2 Å². The summed E-state index contributed by atoms with van der Waals surface area (Å²) in [5.41, 5.74) is 7.56. The van der Waals surface area contributed by atoms with Gasteiger partial charge in [0.2, 0.25) is 23.6 Å². The smallest absolute Gasteiger partial charge is 0.247 e. The topological polar surface area (TPSA) is 125 Å². The van der Waals surface area contributed by atoms with Crippen molar-refractivity contribution >= 4 is 52.5 Å². The van der Waals surface area contributed by atoms with Gasteiger partial charge in [-0.2, -0.15) is 0 Å². The molecule has 2 aromatic carbocycles. The Labute approximate surface area is 261 Å². The van der Waals surface area contributed by atoms with Gasteiger partial charge in [-0.05, 0) is 54.5 Å². The minimum Gasteiger partial charge on any atom is -0.343 e. The standard InChI is InChI=1S/C31H38Cl2FN5O4/c1-31(2)12-15-38(16-13-31)25(40)9-10-26(41)39-18-20-6-4-3-5-19(20)17-24(39)30(43)37-23(11-14-35)29(42)36-22-8-7-21(32)27(33)28(22)34/h3-8,23-24H,9-18,35H2,1-2H3,(H,36,42)(H,37,43). The number of nitrogens with zero attached hydrogens (tertiary/aromatic N) is 2. The quantitative estimate of drug-likeness (QED) is 0.355. The van der Waals surface area contributed by atoms with Gasteiger partial charge in [0, 0.05) is 38.9 Å². The maximum atomic E-state index is 14.6. The fourth-order valence-corrected chi connectivity index (χ4v) is 5.75. The molecule has 2 unspecified atom stereocenters. The highest BCUT2D eigenvalue weighted by Gasteiger charge is 2.37. The second kappa shape index (κ2) is 14.1. The Bertz CT molecular complexity index is 1380. The average Bonchev–Trinajstić information content (AvgIpc) is 2.98. The van der Waals surface area contributed by atoms with E-state index in [0.29, 0.717) is 13.1 Å². The molecule has 9 nitrogen and oxygen atoms in total. The van der Waals surface area contributed by atoms with Crippen LogP contribution < -0.4 is 16.4 Å². The highest BCUT2D eigenvalue weighted by Crippen LogP contribution is 2.31. The van der Waals surface area contributed by atoms with Gasteiger partial charge in [-0.1, -0.05) is 61.3 Å². The summed E-state index contributed by atoms with van der Waals surface area (Å²) >= 11 is 11.7. The van der Waals surface area contributed by atoms with Crippen molar-refractivity contribution in [3.05, 3.63) is 63.4 Å². The van der Waals surface area contributed by atoms with E-state index in [-0.39, 0.29) is 71.7 Å². The molecular formula is C31H38Cl2FN5O4. The van der Waals surface area contributed by atoms with Crippen molar-refractivity contribution in [2.45, 2.75) is 71.0 Å². The van der Waals surface area contributed by atoms with Crippen LogP contribution in [-0.4, -0.2) is 65.1 Å². The second-order valence-electron chi connectivity index (χ2n) is 11.9. The number of likely N-dealkylation sites (tertiary alicyclic amines) is 1. The Morgan fingerprint density at radius 2 is 1.67 bits per heavy atom. The number of amides is 4. The summed E-state index contributed by atoms with van der Waals surface area (Å²) in [6, 6.07) is 8.13. The van der Waals surface area contributed by atoms with E-state index in [0.717, 1.165) is 24.0 Å². The Morgan fingerprint density at radius 3 is 2.35 bits per heavy atom. The molecule has 2 aromatic rings. The summed E-state index contributed by atoms with van der Waals surface area (Å²) in [6.07, 6.45) is 2.15. The maximum absolute atomic E-state index is 14.6. The highest BCUT2D eigenvalue weighted by molar-refractivity contribution is 6.42. The molecule has 0 saturated carbocycles. The van der Waals surface area contributed by atoms with E-state index >= 15 is 0 Å². The molecule has 4 amide bonds. The van der Waals surface area contributed by atoms with Crippen LogP contribution in [0.25, 0.3) is 0 Å². The number of halogens is 3. The summed E-state index contributed by atoms with van der Waals surface area (Å²) in [7, 11) is 0. The molecule has 43 heavy (non-hydrogen) atoms. The minimum atomic E-state index is -1.11. The Balaban J connectivity index is 1.46. The molecule has 2 aliphatic heterocycles. The van der Waals surface area contributed by atoms with Crippen LogP contribution >= 0.6 is 23.2 Å². The van der Waals surface area contributed by atoms with Gasteiger partial charge in [0.05, 0.1) is 15.7 Å². The fourth-order valence-electron chi connectivity index (χ4n) is 5.44.